The van der Waals surface area contributed by atoms with Crippen LogP contribution in [0.2, 0.25) is 0 Å². The summed E-state index contributed by atoms with van der Waals surface area (Å²) in [5.74, 6) is 0.306. The van der Waals surface area contributed by atoms with Gasteiger partial charge in [-0.3, -0.25) is 9.10 Å². The maximum Gasteiger partial charge on any atom is 0.235 e. The van der Waals surface area contributed by atoms with Crippen molar-refractivity contribution in [3.63, 3.8) is 0 Å². The van der Waals surface area contributed by atoms with Crippen molar-refractivity contribution < 1.29 is 13.2 Å². The number of carbonyl (C=O) groups is 1. The Morgan fingerprint density at radius 1 is 1.18 bits per heavy atom. The zero-order valence-electron chi connectivity index (χ0n) is 18.2. The van der Waals surface area contributed by atoms with Crippen LogP contribution in [-0.4, -0.2) is 41.6 Å². The van der Waals surface area contributed by atoms with Gasteiger partial charge in [-0.1, -0.05) is 31.0 Å². The molecule has 1 aliphatic rings. The van der Waals surface area contributed by atoms with Gasteiger partial charge in [0.2, 0.25) is 15.8 Å². The molecule has 0 aliphatic heterocycles. The number of aromatic nitrogens is 3. The lowest BCUT2D eigenvalue weighted by atomic mass is 10.1. The highest BCUT2D eigenvalue weighted by Gasteiger charge is 2.26. The largest absolute Gasteiger partial charge is 0.287 e. The summed E-state index contributed by atoms with van der Waals surface area (Å²) >= 11 is 1.38. The van der Waals surface area contributed by atoms with Crippen LogP contribution in [0.1, 0.15) is 40.9 Å². The van der Waals surface area contributed by atoms with Crippen LogP contribution in [0, 0.1) is 5.92 Å². The Morgan fingerprint density at radius 2 is 2.00 bits per heavy atom. The third kappa shape index (κ3) is 4.18. The van der Waals surface area contributed by atoms with Crippen LogP contribution < -0.4 is 4.31 Å². The highest BCUT2D eigenvalue weighted by Crippen LogP contribution is 2.30. The van der Waals surface area contributed by atoms with E-state index < -0.39 is 10.0 Å². The van der Waals surface area contributed by atoms with E-state index in [1.165, 1.54) is 21.8 Å². The first kappa shape index (κ1) is 21.8. The molecule has 1 aromatic carbocycles. The molecule has 3 aromatic heterocycles. The number of nitrogens with zero attached hydrogens (tertiary/aromatic N) is 4. The van der Waals surface area contributed by atoms with Crippen molar-refractivity contribution in [1.82, 2.24) is 14.6 Å². The van der Waals surface area contributed by atoms with Gasteiger partial charge < -0.3 is 0 Å². The molecule has 0 saturated heterocycles. The lowest BCUT2D eigenvalue weighted by Gasteiger charge is -2.22. The Kier molecular flexibility index (Phi) is 5.76. The van der Waals surface area contributed by atoms with Gasteiger partial charge in [-0.15, -0.1) is 11.3 Å². The van der Waals surface area contributed by atoms with Crippen molar-refractivity contribution in [1.29, 1.82) is 0 Å². The van der Waals surface area contributed by atoms with Gasteiger partial charge in [0.1, 0.15) is 0 Å². The van der Waals surface area contributed by atoms with Crippen LogP contribution in [0.25, 0.3) is 16.9 Å². The standard InChI is InChI=1S/C24H24N4O3S2/c1-27(33(30,31)16-17-6-2-3-7-17)19-9-4-8-18(14-19)21-11-12-25-24-20(15-26-28(21)24)23(29)22-10-5-13-32-22/h4-5,8-15,17H,2-3,6-7,16H2,1H3. The molecule has 0 radical (unpaired) electrons. The fourth-order valence-electron chi connectivity index (χ4n) is 4.42. The molecule has 0 N–H and O–H groups in total. The van der Waals surface area contributed by atoms with E-state index in [0.717, 1.165) is 36.9 Å². The van der Waals surface area contributed by atoms with Gasteiger partial charge in [0.05, 0.1) is 33.8 Å². The molecule has 170 valence electrons. The number of sulfonamides is 1. The second-order valence-corrected chi connectivity index (χ2v) is 11.4. The van der Waals surface area contributed by atoms with Crippen LogP contribution in [0.4, 0.5) is 5.69 Å². The molecule has 1 saturated carbocycles. The monoisotopic (exact) mass is 480 g/mol. The molecule has 5 rings (SSSR count). The Hall–Kier alpha value is -3.04. The minimum absolute atomic E-state index is 0.115. The Morgan fingerprint density at radius 3 is 2.76 bits per heavy atom. The molecular formula is C24H24N4O3S2. The SMILES string of the molecule is CN(c1cccc(-c2ccnc3c(C(=O)c4cccs4)cnn23)c1)S(=O)(=O)CC1CCCC1. The van der Waals surface area contributed by atoms with Gasteiger partial charge in [-0.05, 0) is 48.4 Å². The second kappa shape index (κ2) is 8.72. The van der Waals surface area contributed by atoms with Crippen molar-refractivity contribution in [2.45, 2.75) is 25.7 Å². The van der Waals surface area contributed by atoms with Crippen molar-refractivity contribution in [3.8, 4) is 11.3 Å². The number of benzene rings is 1. The van der Waals surface area contributed by atoms with E-state index in [9.17, 15) is 13.2 Å². The molecule has 0 amide bonds. The Balaban J connectivity index is 1.48. The summed E-state index contributed by atoms with van der Waals surface area (Å²) in [5, 5.41) is 6.29. The Bertz CT molecular complexity index is 1400. The summed E-state index contributed by atoms with van der Waals surface area (Å²) in [5.41, 5.74) is 3.03. The van der Waals surface area contributed by atoms with Crippen molar-refractivity contribution in [2.75, 3.05) is 17.1 Å². The van der Waals surface area contributed by atoms with E-state index >= 15 is 0 Å². The summed E-state index contributed by atoms with van der Waals surface area (Å²) in [4.78, 5) is 17.9. The topological polar surface area (TPSA) is 84.6 Å². The summed E-state index contributed by atoms with van der Waals surface area (Å²) in [7, 11) is -1.81. The smallest absolute Gasteiger partial charge is 0.235 e. The molecule has 3 heterocycles. The van der Waals surface area contributed by atoms with Crippen LogP contribution >= 0.6 is 11.3 Å². The number of carbonyl (C=O) groups excluding carboxylic acids is 1. The normalized spacial score (nSPS) is 14.7. The van der Waals surface area contributed by atoms with Crippen LogP contribution in [0.3, 0.4) is 0 Å². The fourth-order valence-corrected chi connectivity index (χ4v) is 6.68. The first-order valence-corrected chi connectivity index (χ1v) is 13.4. The number of anilines is 1. The third-order valence-electron chi connectivity index (χ3n) is 6.23. The molecule has 1 aliphatic carbocycles. The van der Waals surface area contributed by atoms with E-state index in [-0.39, 0.29) is 17.5 Å². The van der Waals surface area contributed by atoms with Gasteiger partial charge in [-0.2, -0.15) is 5.10 Å². The first-order valence-electron chi connectivity index (χ1n) is 10.9. The third-order valence-corrected chi connectivity index (χ3v) is 9.04. The average molecular weight is 481 g/mol. The maximum atomic E-state index is 13.0. The van der Waals surface area contributed by atoms with Crippen LogP contribution in [-0.2, 0) is 10.0 Å². The molecular weight excluding hydrogens is 456 g/mol. The average Bonchev–Trinajstić information content (AvgIpc) is 3.59. The van der Waals surface area contributed by atoms with Gasteiger partial charge in [0.15, 0.2) is 5.65 Å². The number of fused-ring (bicyclic) bond motifs is 1. The zero-order valence-corrected chi connectivity index (χ0v) is 19.8. The van der Waals surface area contributed by atoms with Crippen LogP contribution in [0.15, 0.2) is 60.2 Å². The summed E-state index contributed by atoms with van der Waals surface area (Å²) in [6.45, 7) is 0. The minimum atomic E-state index is -3.42. The summed E-state index contributed by atoms with van der Waals surface area (Å²) in [6.07, 6.45) is 7.36. The lowest BCUT2D eigenvalue weighted by molar-refractivity contribution is 0.104. The van der Waals surface area contributed by atoms with E-state index in [1.54, 1.807) is 29.9 Å². The fraction of sp³-hybridized carbons (Fsp3) is 0.292. The molecule has 0 unspecified atom stereocenters. The predicted octanol–water partition coefficient (Wildman–Crippen LogP) is 4.65. The minimum Gasteiger partial charge on any atom is -0.287 e. The van der Waals surface area contributed by atoms with Gasteiger partial charge >= 0.3 is 0 Å². The Labute approximate surface area is 196 Å². The van der Waals surface area contributed by atoms with E-state index in [2.05, 4.69) is 10.1 Å². The first-order chi connectivity index (χ1) is 15.9. The molecule has 7 nitrogen and oxygen atoms in total. The van der Waals surface area contributed by atoms with Crippen molar-refractivity contribution in [2.24, 2.45) is 5.92 Å². The number of hydrogen-bond donors (Lipinski definition) is 0. The van der Waals surface area contributed by atoms with E-state index in [4.69, 9.17) is 0 Å². The van der Waals surface area contributed by atoms with Gasteiger partial charge in [-0.25, -0.2) is 17.9 Å². The van der Waals surface area contributed by atoms with E-state index in [0.29, 0.717) is 21.8 Å². The molecule has 0 spiro atoms. The maximum absolute atomic E-state index is 13.0. The number of rotatable bonds is 7. The van der Waals surface area contributed by atoms with Crippen molar-refractivity contribution >= 4 is 38.5 Å². The number of ketones is 1. The quantitative estimate of drug-likeness (QED) is 0.360. The highest BCUT2D eigenvalue weighted by atomic mass is 32.2. The number of thiophene rings is 1. The molecule has 4 aromatic rings. The van der Waals surface area contributed by atoms with Gasteiger partial charge in [0, 0.05) is 18.8 Å². The summed E-state index contributed by atoms with van der Waals surface area (Å²) < 4.78 is 29.0. The van der Waals surface area contributed by atoms with Crippen LogP contribution in [0.5, 0.6) is 0 Å². The summed E-state index contributed by atoms with van der Waals surface area (Å²) in [6, 6.07) is 12.8. The second-order valence-electron chi connectivity index (χ2n) is 8.38. The lowest BCUT2D eigenvalue weighted by Crippen LogP contribution is -2.31. The molecule has 0 bridgehead atoms. The molecule has 33 heavy (non-hydrogen) atoms. The molecule has 1 fully saturated rings. The molecule has 0 atom stereocenters. The predicted molar refractivity (Wildman–Crippen MR) is 130 cm³/mol. The van der Waals surface area contributed by atoms with Gasteiger partial charge in [0.25, 0.3) is 0 Å². The molecule has 9 heteroatoms. The zero-order chi connectivity index (χ0) is 23.0. The van der Waals surface area contributed by atoms with Crippen molar-refractivity contribution in [3.05, 3.63) is 70.7 Å². The van der Waals surface area contributed by atoms with E-state index in [1.807, 2.05) is 35.7 Å². The number of hydrogen-bond acceptors (Lipinski definition) is 6. The highest BCUT2D eigenvalue weighted by molar-refractivity contribution is 7.92.